The Labute approximate surface area is 226 Å². The van der Waals surface area contributed by atoms with Crippen LogP contribution in [-0.4, -0.2) is 117 Å². The van der Waals surface area contributed by atoms with Crippen LogP contribution in [0.1, 0.15) is 6.23 Å². The van der Waals surface area contributed by atoms with Crippen molar-refractivity contribution in [2.45, 2.75) is 55.2 Å². The number of nitrogen functional groups attached to an aromatic ring is 1. The van der Waals surface area contributed by atoms with Gasteiger partial charge in [-0.25, -0.2) is 14.1 Å². The van der Waals surface area contributed by atoms with E-state index >= 15 is 0 Å². The number of phosphoric acid groups is 2. The Bertz CT molecular complexity index is 1470. The quantitative estimate of drug-likeness (QED) is 0.0536. The van der Waals surface area contributed by atoms with Crippen LogP contribution in [0.5, 0.6) is 0 Å². The molecule has 0 bridgehead atoms. The maximum absolute atomic E-state index is 12.4. The molecule has 5 unspecified atom stereocenters. The van der Waals surface area contributed by atoms with E-state index in [2.05, 4.69) is 38.3 Å². The number of aliphatic hydroxyl groups excluding tert-OH is 5. The van der Waals surface area contributed by atoms with E-state index < -0.39 is 89.6 Å². The molecule has 0 saturated carbocycles. The predicted octanol–water partition coefficient (Wildman–Crippen LogP) is -3.31. The number of hydrogen-bond donors (Lipinski definition) is 9. The second-order valence-corrected chi connectivity index (χ2v) is 11.7. The molecule has 0 radical (unpaired) electrons. The zero-order valence-electron chi connectivity index (χ0n) is 20.2. The third-order valence-electron chi connectivity index (χ3n) is 5.90. The van der Waals surface area contributed by atoms with Crippen LogP contribution >= 0.6 is 15.6 Å². The average molecular weight is 630 g/mol. The Hall–Kier alpha value is -2.56. The number of nitrogens with two attached hydrogens (primary N) is 1. The summed E-state index contributed by atoms with van der Waals surface area (Å²) in [4.78, 5) is 44.2. The molecule has 2 aliphatic heterocycles. The van der Waals surface area contributed by atoms with E-state index in [1.807, 2.05) is 0 Å². The molecular weight excluding hydrogens is 606 g/mol. The van der Waals surface area contributed by atoms with Gasteiger partial charge in [0.25, 0.3) is 5.56 Å². The minimum absolute atomic E-state index is 0.120. The molecule has 0 amide bonds. The van der Waals surface area contributed by atoms with Crippen molar-refractivity contribution in [1.82, 2.24) is 19.5 Å². The predicted molar refractivity (Wildman–Crippen MR) is 127 cm³/mol. The molecule has 4 heterocycles. The highest BCUT2D eigenvalue weighted by atomic mass is 31.3. The lowest BCUT2D eigenvalue weighted by Crippen LogP contribution is -2.58. The first kappa shape index (κ1) is 31.4. The number of nitrogens with zero attached hydrogens (tertiary/aromatic N) is 6. The first-order valence-corrected chi connectivity index (χ1v) is 14.3. The Morgan fingerprint density at radius 3 is 2.44 bits per heavy atom. The number of aliphatic hydroxyl groups is 5. The molecule has 228 valence electrons. The van der Waals surface area contributed by atoms with E-state index in [1.54, 1.807) is 0 Å². The number of phosphoric ester groups is 2. The van der Waals surface area contributed by atoms with Crippen molar-refractivity contribution >= 4 is 32.8 Å². The van der Waals surface area contributed by atoms with Crippen molar-refractivity contribution in [3.05, 3.63) is 27.1 Å². The summed E-state index contributed by atoms with van der Waals surface area (Å²) in [5, 5.41) is 53.7. The Kier molecular flexibility index (Phi) is 9.16. The normalized spacial score (nSPS) is 35.0. The molecule has 23 nitrogen and oxygen atoms in total. The lowest BCUT2D eigenvalue weighted by molar-refractivity contribution is -0.272. The van der Waals surface area contributed by atoms with Gasteiger partial charge in [-0.05, 0) is 5.53 Å². The Balaban J connectivity index is 1.39. The van der Waals surface area contributed by atoms with E-state index in [9.17, 15) is 49.2 Å². The summed E-state index contributed by atoms with van der Waals surface area (Å²) < 4.78 is 49.5. The average Bonchev–Trinajstić information content (AvgIpc) is 3.42. The van der Waals surface area contributed by atoms with Crippen molar-refractivity contribution in [2.24, 2.45) is 5.11 Å². The second-order valence-electron chi connectivity index (χ2n) is 8.67. The topological polar surface area (TPSA) is 360 Å². The number of fused-ring (bicyclic) bond motifs is 1. The van der Waals surface area contributed by atoms with Crippen LogP contribution in [0.25, 0.3) is 21.6 Å². The smallest absolute Gasteiger partial charge is 0.388 e. The second kappa shape index (κ2) is 12.0. The molecule has 2 saturated heterocycles. The molecule has 11 atom stereocenters. The van der Waals surface area contributed by atoms with Crippen LogP contribution in [0, 0.1) is 0 Å². The third kappa shape index (κ3) is 6.75. The van der Waals surface area contributed by atoms with E-state index in [4.69, 9.17) is 20.7 Å². The zero-order chi connectivity index (χ0) is 30.3. The highest BCUT2D eigenvalue weighted by Crippen LogP contribution is 2.61. The lowest BCUT2D eigenvalue weighted by atomic mass is 9.99. The largest absolute Gasteiger partial charge is 0.483 e. The van der Waals surface area contributed by atoms with Crippen LogP contribution in [0.15, 0.2) is 16.2 Å². The van der Waals surface area contributed by atoms with Gasteiger partial charge in [0, 0.05) is 4.91 Å². The number of azide groups is 1. The van der Waals surface area contributed by atoms with Gasteiger partial charge < -0.3 is 50.5 Å². The molecule has 2 aromatic heterocycles. The minimum atomic E-state index is -5.63. The van der Waals surface area contributed by atoms with Gasteiger partial charge in [0.1, 0.15) is 36.6 Å². The van der Waals surface area contributed by atoms with Crippen LogP contribution in [0.3, 0.4) is 0 Å². The maximum atomic E-state index is 12.4. The first-order chi connectivity index (χ1) is 19.1. The van der Waals surface area contributed by atoms with E-state index in [1.165, 1.54) is 0 Å². The van der Waals surface area contributed by atoms with Gasteiger partial charge in [-0.2, -0.15) is 9.29 Å². The van der Waals surface area contributed by atoms with Gasteiger partial charge in [-0.3, -0.25) is 23.4 Å². The number of nitrogens with one attached hydrogen (secondary N) is 1. The summed E-state index contributed by atoms with van der Waals surface area (Å²) in [7, 11) is -11.1. The Morgan fingerprint density at radius 1 is 1.07 bits per heavy atom. The van der Waals surface area contributed by atoms with Gasteiger partial charge >= 0.3 is 15.6 Å². The molecule has 2 aromatic rings. The number of H-pyrrole nitrogens is 1. The van der Waals surface area contributed by atoms with Crippen LogP contribution in [-0.2, 0) is 32.0 Å². The summed E-state index contributed by atoms with van der Waals surface area (Å²) in [5.74, 6) is -0.283. The summed E-state index contributed by atoms with van der Waals surface area (Å²) in [6.07, 6.45) is -15.1. The summed E-state index contributed by atoms with van der Waals surface area (Å²) in [5.41, 5.74) is 12.9. The van der Waals surface area contributed by atoms with Crippen molar-refractivity contribution < 1.29 is 67.3 Å². The van der Waals surface area contributed by atoms with Gasteiger partial charge in [-0.1, -0.05) is 5.11 Å². The van der Waals surface area contributed by atoms with Gasteiger partial charge in [0.05, 0.1) is 25.6 Å². The highest BCUT2D eigenvalue weighted by molar-refractivity contribution is 7.61. The van der Waals surface area contributed by atoms with Gasteiger partial charge in [0.15, 0.2) is 23.7 Å². The molecule has 4 rings (SSSR count). The summed E-state index contributed by atoms with van der Waals surface area (Å²) >= 11 is 0. The molecular formula is C16H24N8O15P2. The van der Waals surface area contributed by atoms with Crippen molar-refractivity contribution in [3.63, 3.8) is 0 Å². The standard InChI is InChI=1S/C16H24N8O15P2/c17-16-21-12-6(13(30)22-16)19-3-24(12)14-10(28)8(26)5(36-14)2-35-40(31,32)39-41(33,34)38-15-11(29)9(27)7(25)4(37-15)1-20-23-18/h3-5,7-11,14-15,25-29H,1-2H2,(H,31,32)(H,33,34)(H3,17,21,22,30)/t4?,5-,7-,8+,9?,10?,11+,14-,15-/m1/s1. The first-order valence-electron chi connectivity index (χ1n) is 11.3. The molecule has 0 spiro atoms. The number of rotatable bonds is 10. The summed E-state index contributed by atoms with van der Waals surface area (Å²) in [6.45, 7) is -1.60. The maximum Gasteiger partial charge on any atom is 0.483 e. The molecule has 2 fully saturated rings. The van der Waals surface area contributed by atoms with Gasteiger partial charge in [0.2, 0.25) is 5.95 Å². The van der Waals surface area contributed by atoms with Crippen LogP contribution < -0.4 is 11.3 Å². The molecule has 0 aliphatic carbocycles. The summed E-state index contributed by atoms with van der Waals surface area (Å²) in [6, 6.07) is 0. The van der Waals surface area contributed by atoms with E-state index in [0.717, 1.165) is 10.9 Å². The molecule has 2 aliphatic rings. The SMILES string of the molecule is [N-]=[N+]=NCC1O[C@H](OP(=O)(O)OP(=O)(O)OC[C@H]2O[C@@H](n3cnc4c(=O)[nH]c(N)nc43)C(O)[C@H]2O)[C@@H](O)C(O)[C@@H]1O. The molecule has 41 heavy (non-hydrogen) atoms. The lowest BCUT2D eigenvalue weighted by Gasteiger charge is -2.39. The highest BCUT2D eigenvalue weighted by Gasteiger charge is 2.49. The number of ether oxygens (including phenoxy) is 2. The number of anilines is 1. The molecule has 0 aromatic carbocycles. The Morgan fingerprint density at radius 2 is 1.76 bits per heavy atom. The van der Waals surface area contributed by atoms with Crippen LogP contribution in [0.2, 0.25) is 0 Å². The monoisotopic (exact) mass is 630 g/mol. The van der Waals surface area contributed by atoms with Crippen molar-refractivity contribution in [3.8, 4) is 0 Å². The fourth-order valence-corrected chi connectivity index (χ4v) is 6.13. The zero-order valence-corrected chi connectivity index (χ0v) is 22.0. The van der Waals surface area contributed by atoms with Crippen molar-refractivity contribution in [1.29, 1.82) is 0 Å². The molecule has 10 N–H and O–H groups in total. The van der Waals surface area contributed by atoms with E-state index in [-0.39, 0.29) is 17.1 Å². The third-order valence-corrected chi connectivity index (χ3v) is 8.50. The fourth-order valence-electron chi connectivity index (χ4n) is 3.97. The molecule has 25 heteroatoms. The number of aromatic nitrogens is 4. The van der Waals surface area contributed by atoms with Crippen molar-refractivity contribution in [2.75, 3.05) is 18.9 Å². The number of hydrogen-bond acceptors (Lipinski definition) is 17. The number of imidazole rings is 1. The number of aromatic amines is 1. The minimum Gasteiger partial charge on any atom is -0.388 e. The van der Waals surface area contributed by atoms with Gasteiger partial charge in [-0.15, -0.1) is 0 Å². The fraction of sp³-hybridized carbons (Fsp3) is 0.688. The van der Waals surface area contributed by atoms with Crippen LogP contribution in [0.4, 0.5) is 5.95 Å². The van der Waals surface area contributed by atoms with E-state index in [0.29, 0.717) is 0 Å².